The predicted molar refractivity (Wildman–Crippen MR) is 82.9 cm³/mol. The Hall–Kier alpha value is -0.630. The minimum absolute atomic E-state index is 0.424. The van der Waals surface area contributed by atoms with Gasteiger partial charge in [-0.05, 0) is 49.4 Å². The molecule has 7 heteroatoms. The van der Waals surface area contributed by atoms with Crippen LogP contribution < -0.4 is 5.73 Å². The van der Waals surface area contributed by atoms with Crippen LogP contribution in [-0.2, 0) is 0 Å². The van der Waals surface area contributed by atoms with Crippen LogP contribution >= 0.6 is 54.5 Å². The molecule has 0 bridgehead atoms. The molecule has 0 saturated carbocycles. The maximum atomic E-state index is 5.90. The molecule has 0 amide bonds. The molecule has 2 N–H and O–H groups in total. The normalized spacial score (nSPS) is 11.0. The van der Waals surface area contributed by atoms with Crippen molar-refractivity contribution in [3.63, 3.8) is 0 Å². The molecule has 3 rings (SSSR count). The molecule has 3 heterocycles. The van der Waals surface area contributed by atoms with Gasteiger partial charge in [0.25, 0.3) is 0 Å². The summed E-state index contributed by atoms with van der Waals surface area (Å²) < 4.78 is 7.39. The van der Waals surface area contributed by atoms with Gasteiger partial charge in [0.05, 0.1) is 14.2 Å². The fraction of sp³-hybridized carbons (Fsp3) is 0. The van der Waals surface area contributed by atoms with Crippen molar-refractivity contribution in [1.29, 1.82) is 0 Å². The van der Waals surface area contributed by atoms with Gasteiger partial charge in [-0.15, -0.1) is 22.7 Å². The molecule has 0 fully saturated rings. The first-order chi connectivity index (χ1) is 8.66. The zero-order chi connectivity index (χ0) is 12.7. The van der Waals surface area contributed by atoms with Crippen LogP contribution in [0.15, 0.2) is 36.4 Å². The molecule has 0 atom stereocenters. The number of thiophene rings is 2. The smallest absolute Gasteiger partial charge is 0.187 e. The summed E-state index contributed by atoms with van der Waals surface area (Å²) in [5, 5.41) is 5.88. The van der Waals surface area contributed by atoms with Crippen molar-refractivity contribution in [3.8, 4) is 21.1 Å². The number of rotatable bonds is 2. The van der Waals surface area contributed by atoms with E-state index >= 15 is 0 Å². The lowest BCUT2D eigenvalue weighted by Crippen LogP contribution is -1.86. The van der Waals surface area contributed by atoms with Gasteiger partial charge in [0.1, 0.15) is 0 Å². The molecule has 92 valence electrons. The second-order valence-corrected chi connectivity index (χ2v) is 7.65. The maximum absolute atomic E-state index is 5.90. The molecule has 0 unspecified atom stereocenters. The van der Waals surface area contributed by atoms with E-state index in [1.165, 1.54) is 0 Å². The molecule has 0 saturated heterocycles. The Morgan fingerprint density at radius 2 is 2.11 bits per heavy atom. The summed E-state index contributed by atoms with van der Waals surface area (Å²) >= 11 is 10.1. The Bertz CT molecular complexity index is 669. The lowest BCUT2D eigenvalue weighted by molar-refractivity contribution is 0.437. The Morgan fingerprint density at radius 3 is 2.72 bits per heavy atom. The number of halogens is 2. The average Bonchev–Trinajstić information content (AvgIpc) is 3.01. The molecule has 0 aliphatic carbocycles. The van der Waals surface area contributed by atoms with E-state index in [1.54, 1.807) is 22.7 Å². The van der Waals surface area contributed by atoms with Crippen LogP contribution in [0, 0.1) is 0 Å². The Morgan fingerprint density at radius 1 is 1.28 bits per heavy atom. The summed E-state index contributed by atoms with van der Waals surface area (Å²) in [7, 11) is 0. The molecule has 0 aliphatic heterocycles. The van der Waals surface area contributed by atoms with Crippen molar-refractivity contribution in [2.45, 2.75) is 0 Å². The Balaban J connectivity index is 2.19. The molecular weight excluding hydrogens is 400 g/mol. The van der Waals surface area contributed by atoms with E-state index in [1.807, 2.05) is 23.6 Å². The number of nitrogens with zero attached hydrogens (tertiary/aromatic N) is 1. The highest BCUT2D eigenvalue weighted by molar-refractivity contribution is 9.13. The lowest BCUT2D eigenvalue weighted by Gasteiger charge is -1.96. The summed E-state index contributed by atoms with van der Waals surface area (Å²) in [6.07, 6.45) is 0. The molecular formula is C11H6Br2N2OS2. The molecule has 3 aromatic rings. The summed E-state index contributed by atoms with van der Waals surface area (Å²) in [4.78, 5) is 2.05. The van der Waals surface area contributed by atoms with E-state index in [0.717, 1.165) is 23.6 Å². The van der Waals surface area contributed by atoms with Crippen molar-refractivity contribution < 1.29 is 4.52 Å². The van der Waals surface area contributed by atoms with Crippen LogP contribution in [0.25, 0.3) is 21.1 Å². The number of anilines is 1. The first-order valence-electron chi connectivity index (χ1n) is 4.91. The number of hydrogen-bond acceptors (Lipinski definition) is 5. The minimum atomic E-state index is 0.424. The first-order valence-corrected chi connectivity index (χ1v) is 8.19. The molecule has 0 spiro atoms. The summed E-state index contributed by atoms with van der Waals surface area (Å²) in [6, 6.07) is 5.98. The van der Waals surface area contributed by atoms with Gasteiger partial charge in [-0.25, -0.2) is 0 Å². The van der Waals surface area contributed by atoms with E-state index in [4.69, 9.17) is 10.3 Å². The van der Waals surface area contributed by atoms with Crippen LogP contribution in [0.3, 0.4) is 0 Å². The average molecular weight is 406 g/mol. The standard InChI is InChI=1S/C11H6Br2N2OS2/c12-5-4-7(18-10(5)13)9-8(11(14)15-16-9)6-2-1-3-17-6/h1-4H,(H2,14,15). The van der Waals surface area contributed by atoms with Crippen LogP contribution in [-0.4, -0.2) is 5.16 Å². The van der Waals surface area contributed by atoms with Crippen LogP contribution in [0.4, 0.5) is 5.82 Å². The van der Waals surface area contributed by atoms with Gasteiger partial charge < -0.3 is 10.3 Å². The van der Waals surface area contributed by atoms with Gasteiger partial charge in [0.2, 0.25) is 0 Å². The van der Waals surface area contributed by atoms with Crippen LogP contribution in [0.1, 0.15) is 0 Å². The monoisotopic (exact) mass is 404 g/mol. The first kappa shape index (κ1) is 12.4. The molecule has 3 nitrogen and oxygen atoms in total. The molecule has 0 radical (unpaired) electrons. The van der Waals surface area contributed by atoms with Gasteiger partial charge in [-0.1, -0.05) is 11.2 Å². The summed E-state index contributed by atoms with van der Waals surface area (Å²) in [6.45, 7) is 0. The van der Waals surface area contributed by atoms with Gasteiger partial charge in [0.15, 0.2) is 11.6 Å². The van der Waals surface area contributed by atoms with Gasteiger partial charge >= 0.3 is 0 Å². The zero-order valence-electron chi connectivity index (χ0n) is 8.81. The van der Waals surface area contributed by atoms with Crippen molar-refractivity contribution in [3.05, 3.63) is 31.8 Å². The van der Waals surface area contributed by atoms with Crippen molar-refractivity contribution in [2.24, 2.45) is 0 Å². The van der Waals surface area contributed by atoms with Crippen LogP contribution in [0.5, 0.6) is 0 Å². The van der Waals surface area contributed by atoms with Gasteiger partial charge in [-0.3, -0.25) is 0 Å². The maximum Gasteiger partial charge on any atom is 0.187 e. The highest BCUT2D eigenvalue weighted by Gasteiger charge is 2.20. The van der Waals surface area contributed by atoms with Crippen molar-refractivity contribution >= 4 is 60.4 Å². The van der Waals surface area contributed by atoms with Crippen molar-refractivity contribution in [1.82, 2.24) is 5.16 Å². The SMILES string of the molecule is Nc1noc(-c2cc(Br)c(Br)s2)c1-c1cccs1. The Kier molecular flexibility index (Phi) is 3.31. The summed E-state index contributed by atoms with van der Waals surface area (Å²) in [5.41, 5.74) is 6.76. The van der Waals surface area contributed by atoms with Gasteiger partial charge in [0, 0.05) is 9.35 Å². The van der Waals surface area contributed by atoms with E-state index in [2.05, 4.69) is 37.0 Å². The fourth-order valence-electron chi connectivity index (χ4n) is 1.59. The number of hydrogen-bond donors (Lipinski definition) is 1. The molecule has 3 aromatic heterocycles. The van der Waals surface area contributed by atoms with Gasteiger partial charge in [-0.2, -0.15) is 0 Å². The molecule has 0 aromatic carbocycles. The number of nitrogen functional groups attached to an aromatic ring is 1. The predicted octanol–water partition coefficient (Wildman–Crippen LogP) is 5.24. The molecule has 0 aliphatic rings. The zero-order valence-corrected chi connectivity index (χ0v) is 13.6. The van der Waals surface area contributed by atoms with E-state index in [-0.39, 0.29) is 0 Å². The van der Waals surface area contributed by atoms with Crippen LogP contribution in [0.2, 0.25) is 0 Å². The third-order valence-electron chi connectivity index (χ3n) is 2.36. The quantitative estimate of drug-likeness (QED) is 0.634. The lowest BCUT2D eigenvalue weighted by atomic mass is 10.2. The van der Waals surface area contributed by atoms with E-state index in [0.29, 0.717) is 11.6 Å². The second-order valence-electron chi connectivity index (χ2n) is 3.48. The second kappa shape index (κ2) is 4.80. The van der Waals surface area contributed by atoms with E-state index < -0.39 is 0 Å². The fourth-order valence-corrected chi connectivity index (χ4v) is 4.38. The minimum Gasteiger partial charge on any atom is -0.380 e. The number of nitrogens with two attached hydrogens (primary N) is 1. The third kappa shape index (κ3) is 2.05. The number of aromatic nitrogens is 1. The topological polar surface area (TPSA) is 52.0 Å². The molecule has 18 heavy (non-hydrogen) atoms. The Labute approximate surface area is 128 Å². The third-order valence-corrected chi connectivity index (χ3v) is 6.50. The largest absolute Gasteiger partial charge is 0.380 e. The van der Waals surface area contributed by atoms with E-state index in [9.17, 15) is 0 Å². The summed E-state index contributed by atoms with van der Waals surface area (Å²) in [5.74, 6) is 1.14. The highest BCUT2D eigenvalue weighted by atomic mass is 79.9. The van der Waals surface area contributed by atoms with Crippen molar-refractivity contribution in [2.75, 3.05) is 5.73 Å². The highest BCUT2D eigenvalue weighted by Crippen LogP contribution is 2.44.